The van der Waals surface area contributed by atoms with Gasteiger partial charge in [-0.05, 0) is 6.42 Å². The molecule has 0 aliphatic heterocycles. The minimum atomic E-state index is -3.22. The molecular formula is C9H21NO3S. The maximum absolute atomic E-state index is 11.5. The van der Waals surface area contributed by atoms with Crippen molar-refractivity contribution in [1.82, 2.24) is 4.31 Å². The van der Waals surface area contributed by atoms with Gasteiger partial charge in [0.05, 0.1) is 12.4 Å². The molecule has 0 unspecified atom stereocenters. The predicted octanol–water partition coefficient (Wildman–Crippen LogP) is 0.821. The van der Waals surface area contributed by atoms with Crippen LogP contribution in [0.25, 0.3) is 0 Å². The highest BCUT2D eigenvalue weighted by Gasteiger charge is 2.18. The van der Waals surface area contributed by atoms with Crippen molar-refractivity contribution in [3.8, 4) is 0 Å². The van der Waals surface area contributed by atoms with E-state index in [0.717, 1.165) is 19.3 Å². The lowest BCUT2D eigenvalue weighted by Crippen LogP contribution is -2.34. The molecule has 0 saturated carbocycles. The zero-order valence-corrected chi connectivity index (χ0v) is 9.89. The Morgan fingerprint density at radius 1 is 1.21 bits per heavy atom. The number of unbranched alkanes of at least 4 members (excludes halogenated alkanes) is 2. The maximum Gasteiger partial charge on any atom is 0.216 e. The van der Waals surface area contributed by atoms with Crippen LogP contribution in [0.15, 0.2) is 0 Å². The minimum absolute atomic E-state index is 0.160. The van der Waals surface area contributed by atoms with E-state index in [1.165, 1.54) is 4.31 Å². The average Bonchev–Trinajstić information content (AvgIpc) is 2.12. The first-order valence-electron chi connectivity index (χ1n) is 5.17. The van der Waals surface area contributed by atoms with Gasteiger partial charge in [-0.1, -0.05) is 26.7 Å². The van der Waals surface area contributed by atoms with Crippen LogP contribution in [0.3, 0.4) is 0 Å². The van der Waals surface area contributed by atoms with Crippen molar-refractivity contribution in [2.45, 2.75) is 33.1 Å². The summed E-state index contributed by atoms with van der Waals surface area (Å²) in [6, 6.07) is 0. The normalized spacial score (nSPS) is 12.3. The average molecular weight is 223 g/mol. The minimum Gasteiger partial charge on any atom is -0.395 e. The molecule has 0 amide bonds. The molecule has 0 aliphatic rings. The van der Waals surface area contributed by atoms with Crippen molar-refractivity contribution in [2.75, 3.05) is 25.4 Å². The van der Waals surface area contributed by atoms with E-state index in [-0.39, 0.29) is 12.4 Å². The summed E-state index contributed by atoms with van der Waals surface area (Å²) in [5.74, 6) is -0.160. The highest BCUT2D eigenvalue weighted by Crippen LogP contribution is 2.04. The first-order valence-corrected chi connectivity index (χ1v) is 6.78. The summed E-state index contributed by atoms with van der Waals surface area (Å²) < 4.78 is 24.5. The summed E-state index contributed by atoms with van der Waals surface area (Å²) in [6.07, 6.45) is 3.03. The van der Waals surface area contributed by atoms with E-state index in [2.05, 4.69) is 6.92 Å². The smallest absolute Gasteiger partial charge is 0.216 e. The zero-order valence-electron chi connectivity index (χ0n) is 9.07. The molecule has 1 N–H and O–H groups in total. The van der Waals surface area contributed by atoms with E-state index < -0.39 is 10.0 Å². The van der Waals surface area contributed by atoms with Gasteiger partial charge in [-0.25, -0.2) is 12.7 Å². The Kier molecular flexibility index (Phi) is 7.13. The van der Waals surface area contributed by atoms with Crippen LogP contribution in [0.4, 0.5) is 0 Å². The van der Waals surface area contributed by atoms with Crippen molar-refractivity contribution in [3.05, 3.63) is 0 Å². The monoisotopic (exact) mass is 223 g/mol. The number of aliphatic hydroxyl groups excluding tert-OH is 1. The third-order valence-corrected chi connectivity index (χ3v) is 4.03. The molecule has 0 rings (SSSR count). The van der Waals surface area contributed by atoms with E-state index in [0.29, 0.717) is 13.1 Å². The van der Waals surface area contributed by atoms with Gasteiger partial charge in [0, 0.05) is 13.1 Å². The van der Waals surface area contributed by atoms with Gasteiger partial charge < -0.3 is 5.11 Å². The SMILES string of the molecule is CCCCCN(CC)S(=O)(=O)CCO. The van der Waals surface area contributed by atoms with Gasteiger partial charge in [0.15, 0.2) is 0 Å². The summed E-state index contributed by atoms with van der Waals surface area (Å²) in [5.41, 5.74) is 0. The lowest BCUT2D eigenvalue weighted by molar-refractivity contribution is 0.314. The van der Waals surface area contributed by atoms with Gasteiger partial charge in [0.25, 0.3) is 0 Å². The molecule has 0 atom stereocenters. The van der Waals surface area contributed by atoms with Crippen LogP contribution in [0, 0.1) is 0 Å². The molecule has 4 nitrogen and oxygen atoms in total. The summed E-state index contributed by atoms with van der Waals surface area (Å²) in [7, 11) is -3.22. The van der Waals surface area contributed by atoms with Crippen molar-refractivity contribution in [3.63, 3.8) is 0 Å². The van der Waals surface area contributed by atoms with E-state index in [4.69, 9.17) is 5.11 Å². The Balaban J connectivity index is 4.11. The number of aliphatic hydroxyl groups is 1. The second-order valence-corrected chi connectivity index (χ2v) is 5.33. The molecule has 0 radical (unpaired) electrons. The van der Waals surface area contributed by atoms with Gasteiger partial charge >= 0.3 is 0 Å². The quantitative estimate of drug-likeness (QED) is 0.620. The Labute approximate surface area is 87.0 Å². The van der Waals surface area contributed by atoms with Crippen molar-refractivity contribution in [1.29, 1.82) is 0 Å². The number of nitrogens with zero attached hydrogens (tertiary/aromatic N) is 1. The Hall–Kier alpha value is -0.130. The molecule has 0 bridgehead atoms. The molecule has 0 aromatic heterocycles. The molecule has 0 aliphatic carbocycles. The van der Waals surface area contributed by atoms with Crippen molar-refractivity contribution >= 4 is 10.0 Å². The second-order valence-electron chi connectivity index (χ2n) is 3.24. The van der Waals surface area contributed by atoms with Crippen LogP contribution in [0.5, 0.6) is 0 Å². The molecule has 86 valence electrons. The Morgan fingerprint density at radius 2 is 1.86 bits per heavy atom. The van der Waals surface area contributed by atoms with Crippen LogP contribution in [0.1, 0.15) is 33.1 Å². The molecule has 14 heavy (non-hydrogen) atoms. The third-order valence-electron chi connectivity index (χ3n) is 2.11. The molecule has 0 fully saturated rings. The van der Waals surface area contributed by atoms with Gasteiger partial charge in [0.1, 0.15) is 0 Å². The molecule has 0 saturated heterocycles. The van der Waals surface area contributed by atoms with Crippen molar-refractivity contribution in [2.24, 2.45) is 0 Å². The fourth-order valence-electron chi connectivity index (χ4n) is 1.28. The predicted molar refractivity (Wildman–Crippen MR) is 57.6 cm³/mol. The highest BCUT2D eigenvalue weighted by atomic mass is 32.2. The molecule has 0 spiro atoms. The first-order chi connectivity index (χ1) is 6.58. The fourth-order valence-corrected chi connectivity index (χ4v) is 2.57. The lowest BCUT2D eigenvalue weighted by Gasteiger charge is -2.19. The van der Waals surface area contributed by atoms with E-state index in [1.807, 2.05) is 6.92 Å². The Bertz CT molecular complexity index is 226. The van der Waals surface area contributed by atoms with Gasteiger partial charge in [0.2, 0.25) is 10.0 Å². The number of hydrogen-bond donors (Lipinski definition) is 1. The van der Waals surface area contributed by atoms with E-state index in [9.17, 15) is 8.42 Å². The van der Waals surface area contributed by atoms with Crippen LogP contribution in [-0.2, 0) is 10.0 Å². The fraction of sp³-hybridized carbons (Fsp3) is 1.00. The van der Waals surface area contributed by atoms with Gasteiger partial charge in [-0.3, -0.25) is 0 Å². The summed E-state index contributed by atoms with van der Waals surface area (Å²) in [4.78, 5) is 0. The topological polar surface area (TPSA) is 57.6 Å². The van der Waals surface area contributed by atoms with Crippen LogP contribution >= 0.6 is 0 Å². The molecular weight excluding hydrogens is 202 g/mol. The maximum atomic E-state index is 11.5. The molecule has 5 heteroatoms. The number of sulfonamides is 1. The highest BCUT2D eigenvalue weighted by molar-refractivity contribution is 7.89. The summed E-state index contributed by atoms with van der Waals surface area (Å²) in [6.45, 7) is 4.67. The standard InChI is InChI=1S/C9H21NO3S/c1-3-5-6-7-10(4-2)14(12,13)9-8-11/h11H,3-9H2,1-2H3. The number of rotatable bonds is 8. The van der Waals surface area contributed by atoms with Gasteiger partial charge in [-0.2, -0.15) is 0 Å². The van der Waals surface area contributed by atoms with Crippen molar-refractivity contribution < 1.29 is 13.5 Å². The second kappa shape index (κ2) is 7.20. The van der Waals surface area contributed by atoms with E-state index >= 15 is 0 Å². The van der Waals surface area contributed by atoms with Crippen LogP contribution in [0.2, 0.25) is 0 Å². The van der Waals surface area contributed by atoms with E-state index in [1.54, 1.807) is 0 Å². The largest absolute Gasteiger partial charge is 0.395 e. The van der Waals surface area contributed by atoms with Crippen LogP contribution in [-0.4, -0.2) is 43.3 Å². The third kappa shape index (κ3) is 4.93. The number of hydrogen-bond acceptors (Lipinski definition) is 3. The lowest BCUT2D eigenvalue weighted by atomic mass is 10.2. The zero-order chi connectivity index (χ0) is 11.0. The molecule has 0 aromatic carbocycles. The Morgan fingerprint density at radius 3 is 2.29 bits per heavy atom. The molecule has 0 aromatic rings. The summed E-state index contributed by atoms with van der Waals surface area (Å²) in [5, 5.41) is 8.61. The first kappa shape index (κ1) is 13.9. The van der Waals surface area contributed by atoms with Gasteiger partial charge in [-0.15, -0.1) is 0 Å². The van der Waals surface area contributed by atoms with Crippen LogP contribution < -0.4 is 0 Å². The molecule has 0 heterocycles. The summed E-state index contributed by atoms with van der Waals surface area (Å²) >= 11 is 0.